The lowest BCUT2D eigenvalue weighted by Gasteiger charge is -2.28. The molecule has 1 amide bonds. The van der Waals surface area contributed by atoms with Crippen LogP contribution in [-0.4, -0.2) is 30.3 Å². The number of aromatic hydroxyl groups is 1. The van der Waals surface area contributed by atoms with Gasteiger partial charge in [-0.05, 0) is 66.5 Å². The Kier molecular flexibility index (Phi) is 5.04. The molecule has 1 saturated heterocycles. The van der Waals surface area contributed by atoms with Gasteiger partial charge in [-0.15, -0.1) is 0 Å². The maximum Gasteiger partial charge on any atom is 0.255 e. The highest BCUT2D eigenvalue weighted by Gasteiger charge is 2.23. The van der Waals surface area contributed by atoms with Crippen molar-refractivity contribution in [3.8, 4) is 5.75 Å². The van der Waals surface area contributed by atoms with Gasteiger partial charge in [0.05, 0.1) is 5.56 Å². The monoisotopic (exact) mass is 375 g/mol. The summed E-state index contributed by atoms with van der Waals surface area (Å²) in [6, 6.07) is 5.11. The molecule has 1 unspecified atom stereocenters. The van der Waals surface area contributed by atoms with Crippen LogP contribution in [-0.2, 0) is 4.74 Å². The Morgan fingerprint density at radius 3 is 2.84 bits per heavy atom. The molecule has 0 bridgehead atoms. The van der Waals surface area contributed by atoms with Crippen molar-refractivity contribution < 1.29 is 14.6 Å². The van der Waals surface area contributed by atoms with E-state index in [1.165, 1.54) is 0 Å². The van der Waals surface area contributed by atoms with Gasteiger partial charge in [-0.2, -0.15) is 0 Å². The van der Waals surface area contributed by atoms with Gasteiger partial charge in [-0.3, -0.25) is 4.79 Å². The second-order valence-electron chi connectivity index (χ2n) is 4.87. The Hall–Kier alpha value is -0.820. The minimum atomic E-state index is -0.213. The Morgan fingerprint density at radius 2 is 2.16 bits per heavy atom. The minimum Gasteiger partial charge on any atom is -0.507 e. The predicted molar refractivity (Wildman–Crippen MR) is 81.3 cm³/mol. The fourth-order valence-electron chi connectivity index (χ4n) is 2.31. The number of nitrogens with one attached hydrogen (secondary N) is 1. The van der Waals surface area contributed by atoms with Crippen LogP contribution in [0.2, 0.25) is 0 Å². The van der Waals surface area contributed by atoms with Crippen LogP contribution in [0.25, 0.3) is 0 Å². The number of rotatable bonds is 3. The number of amides is 1. The van der Waals surface area contributed by atoms with Crippen molar-refractivity contribution in [1.82, 2.24) is 5.32 Å². The number of hydrogen-bond acceptors (Lipinski definition) is 3. The van der Waals surface area contributed by atoms with E-state index >= 15 is 0 Å². The van der Waals surface area contributed by atoms with Crippen molar-refractivity contribution in [2.75, 3.05) is 13.2 Å². The fraction of sp³-hybridized carbons (Fsp3) is 0.500. The van der Waals surface area contributed by atoms with E-state index in [1.807, 2.05) is 6.92 Å². The van der Waals surface area contributed by atoms with E-state index in [2.05, 4.69) is 27.9 Å². The van der Waals surface area contributed by atoms with Crippen LogP contribution < -0.4 is 5.32 Å². The Morgan fingerprint density at radius 1 is 1.47 bits per heavy atom. The topological polar surface area (TPSA) is 58.6 Å². The number of hydrogen-bond donors (Lipinski definition) is 2. The van der Waals surface area contributed by atoms with E-state index < -0.39 is 0 Å². The van der Waals surface area contributed by atoms with E-state index in [0.717, 1.165) is 29.6 Å². The molecule has 1 fully saturated rings. The van der Waals surface area contributed by atoms with E-state index in [9.17, 15) is 9.90 Å². The van der Waals surface area contributed by atoms with Gasteiger partial charge in [-0.1, -0.05) is 0 Å². The molecule has 0 radical (unpaired) electrons. The van der Waals surface area contributed by atoms with Crippen molar-refractivity contribution in [2.45, 2.75) is 25.8 Å². The molecule has 1 aromatic carbocycles. The quantitative estimate of drug-likeness (QED) is 0.799. The Balaban J connectivity index is 2.01. The standard InChI is InChI=1S/C14H18INO3/c1-9(10-4-6-19-7-5-10)16-14(18)12-8-11(15)2-3-13(12)17/h2-3,8-10,17H,4-7H2,1H3,(H,16,18). The third-order valence-corrected chi connectivity index (χ3v) is 4.21. The first kappa shape index (κ1) is 14.6. The van der Waals surface area contributed by atoms with Crippen LogP contribution in [0.3, 0.4) is 0 Å². The third kappa shape index (κ3) is 3.82. The zero-order valence-electron chi connectivity index (χ0n) is 10.9. The second-order valence-corrected chi connectivity index (χ2v) is 6.12. The van der Waals surface area contributed by atoms with Crippen LogP contribution in [0.1, 0.15) is 30.1 Å². The summed E-state index contributed by atoms with van der Waals surface area (Å²) in [5.74, 6) is 0.259. The van der Waals surface area contributed by atoms with Crippen LogP contribution in [0.5, 0.6) is 5.75 Å². The molecule has 4 nitrogen and oxygen atoms in total. The smallest absolute Gasteiger partial charge is 0.255 e. The van der Waals surface area contributed by atoms with E-state index in [0.29, 0.717) is 11.5 Å². The van der Waals surface area contributed by atoms with Gasteiger partial charge >= 0.3 is 0 Å². The normalized spacial score (nSPS) is 18.0. The van der Waals surface area contributed by atoms with Gasteiger partial charge in [0, 0.05) is 22.8 Å². The molecule has 19 heavy (non-hydrogen) atoms. The number of ether oxygens (including phenoxy) is 1. The fourth-order valence-corrected chi connectivity index (χ4v) is 2.80. The lowest BCUT2D eigenvalue weighted by Crippen LogP contribution is -2.40. The van der Waals surface area contributed by atoms with Crippen LogP contribution in [0.15, 0.2) is 18.2 Å². The first-order chi connectivity index (χ1) is 9.08. The average Bonchev–Trinajstić information content (AvgIpc) is 2.42. The van der Waals surface area contributed by atoms with E-state index in [-0.39, 0.29) is 17.7 Å². The van der Waals surface area contributed by atoms with Gasteiger partial charge in [0.25, 0.3) is 5.91 Å². The molecular formula is C14H18INO3. The van der Waals surface area contributed by atoms with Crippen LogP contribution in [0, 0.1) is 9.49 Å². The molecule has 0 saturated carbocycles. The Labute approximate surface area is 126 Å². The van der Waals surface area contributed by atoms with Gasteiger partial charge in [0.1, 0.15) is 5.75 Å². The third-order valence-electron chi connectivity index (χ3n) is 3.54. The summed E-state index contributed by atoms with van der Waals surface area (Å²) in [5.41, 5.74) is 0.339. The highest BCUT2D eigenvalue weighted by molar-refractivity contribution is 14.1. The number of carbonyl (C=O) groups is 1. The maximum atomic E-state index is 12.2. The Bertz CT molecular complexity index is 458. The first-order valence-corrected chi connectivity index (χ1v) is 7.53. The van der Waals surface area contributed by atoms with Gasteiger partial charge in [0.15, 0.2) is 0 Å². The number of benzene rings is 1. The van der Waals surface area contributed by atoms with Crippen LogP contribution in [0.4, 0.5) is 0 Å². The zero-order chi connectivity index (χ0) is 13.8. The SMILES string of the molecule is CC(NC(=O)c1cc(I)ccc1O)C1CCOCC1. The predicted octanol–water partition coefficient (Wildman–Crippen LogP) is 2.54. The van der Waals surface area contributed by atoms with Gasteiger partial charge < -0.3 is 15.2 Å². The first-order valence-electron chi connectivity index (χ1n) is 6.45. The summed E-state index contributed by atoms with van der Waals surface area (Å²) >= 11 is 2.12. The molecule has 2 N–H and O–H groups in total. The molecular weight excluding hydrogens is 357 g/mol. The second kappa shape index (κ2) is 6.56. The number of carbonyl (C=O) groups excluding carboxylic acids is 1. The molecule has 1 heterocycles. The lowest BCUT2D eigenvalue weighted by molar-refractivity contribution is 0.0538. The number of phenolic OH excluding ortho intramolecular Hbond substituents is 1. The summed E-state index contributed by atoms with van der Waals surface area (Å²) in [5, 5.41) is 12.7. The molecule has 1 aliphatic rings. The highest BCUT2D eigenvalue weighted by Crippen LogP contribution is 2.22. The number of halogens is 1. The van der Waals surface area contributed by atoms with Gasteiger partial charge in [-0.25, -0.2) is 0 Å². The summed E-state index contributed by atoms with van der Waals surface area (Å²) in [4.78, 5) is 12.2. The van der Waals surface area contributed by atoms with Gasteiger partial charge in [0.2, 0.25) is 0 Å². The molecule has 0 aromatic heterocycles. The van der Waals surface area contributed by atoms with Crippen LogP contribution >= 0.6 is 22.6 Å². The summed E-state index contributed by atoms with van der Waals surface area (Å²) in [6.07, 6.45) is 1.94. The van der Waals surface area contributed by atoms with Crippen molar-refractivity contribution in [1.29, 1.82) is 0 Å². The molecule has 0 aliphatic carbocycles. The minimum absolute atomic E-state index is 0.0251. The lowest BCUT2D eigenvalue weighted by atomic mass is 9.93. The molecule has 1 atom stereocenters. The van der Waals surface area contributed by atoms with E-state index in [4.69, 9.17) is 4.74 Å². The molecule has 1 aliphatic heterocycles. The summed E-state index contributed by atoms with van der Waals surface area (Å²) < 4.78 is 6.25. The molecule has 5 heteroatoms. The number of phenols is 1. The molecule has 104 valence electrons. The van der Waals surface area contributed by atoms with Crippen molar-refractivity contribution in [3.63, 3.8) is 0 Å². The zero-order valence-corrected chi connectivity index (χ0v) is 13.0. The highest BCUT2D eigenvalue weighted by atomic mass is 127. The average molecular weight is 375 g/mol. The molecule has 2 rings (SSSR count). The summed E-state index contributed by atoms with van der Waals surface area (Å²) in [6.45, 7) is 3.54. The largest absolute Gasteiger partial charge is 0.507 e. The van der Waals surface area contributed by atoms with Crippen molar-refractivity contribution >= 4 is 28.5 Å². The molecule has 0 spiro atoms. The van der Waals surface area contributed by atoms with E-state index in [1.54, 1.807) is 18.2 Å². The molecule has 1 aromatic rings. The van der Waals surface area contributed by atoms with Crippen molar-refractivity contribution in [2.24, 2.45) is 5.92 Å². The maximum absolute atomic E-state index is 12.2. The van der Waals surface area contributed by atoms with Crippen molar-refractivity contribution in [3.05, 3.63) is 27.3 Å². The summed E-state index contributed by atoms with van der Waals surface area (Å²) in [7, 11) is 0.